The van der Waals surface area contributed by atoms with Crippen molar-refractivity contribution in [3.63, 3.8) is 0 Å². The minimum Gasteiger partial charge on any atom is -0.373 e. The molecule has 4 rings (SSSR count). The fourth-order valence-corrected chi connectivity index (χ4v) is 3.85. The van der Waals surface area contributed by atoms with Gasteiger partial charge in [0.05, 0.1) is 17.2 Å². The first-order valence-corrected chi connectivity index (χ1v) is 11.7. The molecule has 0 bridgehead atoms. The molecule has 2 aromatic carbocycles. The Hall–Kier alpha value is -4.51. The normalized spacial score (nSPS) is 11.1. The van der Waals surface area contributed by atoms with Gasteiger partial charge in [-0.3, -0.25) is 4.79 Å². The molecule has 0 aliphatic carbocycles. The van der Waals surface area contributed by atoms with Crippen molar-refractivity contribution >= 4 is 23.1 Å². The zero-order valence-electron chi connectivity index (χ0n) is 21.1. The predicted octanol–water partition coefficient (Wildman–Crippen LogP) is 5.29. The molecule has 0 radical (unpaired) electrons. The fraction of sp³-hybridized carbons (Fsp3) is 0.250. The molecule has 8 heteroatoms. The topological polar surface area (TPSA) is 109 Å². The van der Waals surface area contributed by atoms with Gasteiger partial charge < -0.3 is 10.6 Å². The monoisotopic (exact) mass is 479 g/mol. The van der Waals surface area contributed by atoms with Crippen molar-refractivity contribution < 1.29 is 4.79 Å². The molecule has 0 amide bonds. The standard InChI is InChI=1S/C28H29N7O/c1-18-9-10-21(24(36)13-20-7-6-8-22(12-20)28(3,4)16-29)14-23(18)33-27-11-19(2)34-35(27)26-15-25(30-5)31-17-32-26/h6-12,14-15,17,33H,13H2,1-5H3,(H,30,31,32). The molecule has 0 aliphatic heterocycles. The largest absolute Gasteiger partial charge is 0.373 e. The van der Waals surface area contributed by atoms with E-state index in [4.69, 9.17) is 0 Å². The quantitative estimate of drug-likeness (QED) is 0.331. The lowest BCUT2D eigenvalue weighted by atomic mass is 9.85. The SMILES string of the molecule is CNc1cc(-n2nc(C)cc2Nc2cc(C(=O)Cc3cccc(C(C)(C)C#N)c3)ccc2C)ncn1. The third kappa shape index (κ3) is 5.26. The number of hydrogen-bond donors (Lipinski definition) is 2. The van der Waals surface area contributed by atoms with Crippen molar-refractivity contribution in [1.82, 2.24) is 19.7 Å². The van der Waals surface area contributed by atoms with Gasteiger partial charge in [-0.15, -0.1) is 0 Å². The highest BCUT2D eigenvalue weighted by Gasteiger charge is 2.20. The van der Waals surface area contributed by atoms with Crippen LogP contribution in [0.4, 0.5) is 17.3 Å². The molecule has 36 heavy (non-hydrogen) atoms. The summed E-state index contributed by atoms with van der Waals surface area (Å²) < 4.78 is 1.72. The summed E-state index contributed by atoms with van der Waals surface area (Å²) in [7, 11) is 1.80. The van der Waals surface area contributed by atoms with Gasteiger partial charge in [0.15, 0.2) is 11.6 Å². The molecule has 0 saturated heterocycles. The molecule has 2 aromatic heterocycles. The Morgan fingerprint density at radius 2 is 1.89 bits per heavy atom. The lowest BCUT2D eigenvalue weighted by molar-refractivity contribution is 0.0993. The lowest BCUT2D eigenvalue weighted by Crippen LogP contribution is -2.14. The average molecular weight is 480 g/mol. The summed E-state index contributed by atoms with van der Waals surface area (Å²) in [4.78, 5) is 21.7. The van der Waals surface area contributed by atoms with Crippen LogP contribution in [0.15, 0.2) is 60.9 Å². The van der Waals surface area contributed by atoms with E-state index in [1.54, 1.807) is 11.7 Å². The van der Waals surface area contributed by atoms with Crippen LogP contribution in [0.1, 0.15) is 46.6 Å². The zero-order valence-corrected chi connectivity index (χ0v) is 21.1. The highest BCUT2D eigenvalue weighted by atomic mass is 16.1. The molecule has 8 nitrogen and oxygen atoms in total. The first kappa shape index (κ1) is 24.6. The van der Waals surface area contributed by atoms with Crippen LogP contribution in [-0.2, 0) is 11.8 Å². The summed E-state index contributed by atoms with van der Waals surface area (Å²) in [5, 5.41) is 20.5. The van der Waals surface area contributed by atoms with Crippen molar-refractivity contribution in [2.24, 2.45) is 0 Å². The molecule has 4 aromatic rings. The number of benzene rings is 2. The highest BCUT2D eigenvalue weighted by Crippen LogP contribution is 2.27. The molecule has 0 unspecified atom stereocenters. The zero-order chi connectivity index (χ0) is 25.9. The van der Waals surface area contributed by atoms with E-state index in [1.165, 1.54) is 6.33 Å². The van der Waals surface area contributed by atoms with Gasteiger partial charge in [0, 0.05) is 36.9 Å². The first-order chi connectivity index (χ1) is 17.2. The molecule has 0 aliphatic rings. The van der Waals surface area contributed by atoms with Crippen LogP contribution in [0.5, 0.6) is 0 Å². The van der Waals surface area contributed by atoms with Gasteiger partial charge in [-0.05, 0) is 50.5 Å². The van der Waals surface area contributed by atoms with Gasteiger partial charge in [-0.2, -0.15) is 15.0 Å². The van der Waals surface area contributed by atoms with Crippen LogP contribution in [-0.4, -0.2) is 32.6 Å². The van der Waals surface area contributed by atoms with E-state index in [0.29, 0.717) is 17.2 Å². The van der Waals surface area contributed by atoms with Crippen molar-refractivity contribution in [3.8, 4) is 11.9 Å². The molecule has 182 valence electrons. The number of anilines is 3. The van der Waals surface area contributed by atoms with Gasteiger partial charge in [0.25, 0.3) is 0 Å². The third-order valence-corrected chi connectivity index (χ3v) is 6.07. The van der Waals surface area contributed by atoms with Crippen molar-refractivity contribution in [1.29, 1.82) is 5.26 Å². The van der Waals surface area contributed by atoms with Crippen LogP contribution in [0, 0.1) is 25.2 Å². The maximum absolute atomic E-state index is 13.2. The van der Waals surface area contributed by atoms with E-state index in [9.17, 15) is 10.1 Å². The summed E-state index contributed by atoms with van der Waals surface area (Å²) in [6, 6.07) is 19.4. The summed E-state index contributed by atoms with van der Waals surface area (Å²) in [6.45, 7) is 7.65. The van der Waals surface area contributed by atoms with Gasteiger partial charge in [0.1, 0.15) is 18.0 Å². The molecule has 0 fully saturated rings. The molecule has 0 atom stereocenters. The van der Waals surface area contributed by atoms with Crippen LogP contribution >= 0.6 is 0 Å². The first-order valence-electron chi connectivity index (χ1n) is 11.7. The minimum atomic E-state index is -0.612. The maximum atomic E-state index is 13.2. The number of ketones is 1. The van der Waals surface area contributed by atoms with E-state index in [2.05, 4.69) is 31.8 Å². The maximum Gasteiger partial charge on any atom is 0.167 e. The van der Waals surface area contributed by atoms with Crippen LogP contribution in [0.3, 0.4) is 0 Å². The number of aromatic nitrogens is 4. The Labute approximate surface area is 211 Å². The molecule has 0 saturated carbocycles. The Bertz CT molecular complexity index is 1460. The van der Waals surface area contributed by atoms with E-state index >= 15 is 0 Å². The van der Waals surface area contributed by atoms with Crippen molar-refractivity contribution in [2.45, 2.75) is 39.5 Å². The number of nitriles is 1. The van der Waals surface area contributed by atoms with Crippen LogP contribution < -0.4 is 10.6 Å². The Kier molecular flexibility index (Phi) is 6.84. The van der Waals surface area contributed by atoms with E-state index in [-0.39, 0.29) is 12.2 Å². The summed E-state index contributed by atoms with van der Waals surface area (Å²) in [5.74, 6) is 2.04. The number of rotatable bonds is 8. The third-order valence-electron chi connectivity index (χ3n) is 6.07. The molecule has 0 spiro atoms. The fourth-order valence-electron chi connectivity index (χ4n) is 3.85. The second-order valence-corrected chi connectivity index (χ2v) is 9.29. The Balaban J connectivity index is 1.60. The number of aryl methyl sites for hydroxylation is 2. The predicted molar refractivity (Wildman–Crippen MR) is 141 cm³/mol. The lowest BCUT2D eigenvalue weighted by Gasteiger charge is -2.16. The van der Waals surface area contributed by atoms with Gasteiger partial charge >= 0.3 is 0 Å². The molecule has 2 heterocycles. The minimum absolute atomic E-state index is 0.00381. The van der Waals surface area contributed by atoms with E-state index in [0.717, 1.165) is 33.9 Å². The number of hydrogen-bond acceptors (Lipinski definition) is 7. The number of Topliss-reactive ketones (excluding diaryl/α,β-unsaturated/α-hetero) is 1. The van der Waals surface area contributed by atoms with E-state index in [1.807, 2.05) is 82.3 Å². The summed E-state index contributed by atoms with van der Waals surface area (Å²) >= 11 is 0. The van der Waals surface area contributed by atoms with E-state index < -0.39 is 5.41 Å². The Morgan fingerprint density at radius 1 is 1.08 bits per heavy atom. The van der Waals surface area contributed by atoms with Gasteiger partial charge in [0.2, 0.25) is 0 Å². The number of nitrogens with one attached hydrogen (secondary N) is 2. The van der Waals surface area contributed by atoms with Gasteiger partial charge in [-0.25, -0.2) is 9.97 Å². The van der Waals surface area contributed by atoms with Crippen LogP contribution in [0.25, 0.3) is 5.82 Å². The molecular formula is C28H29N7O. The smallest absolute Gasteiger partial charge is 0.167 e. The van der Waals surface area contributed by atoms with Crippen molar-refractivity contribution in [3.05, 3.63) is 88.9 Å². The second-order valence-electron chi connectivity index (χ2n) is 9.29. The van der Waals surface area contributed by atoms with Crippen molar-refractivity contribution in [2.75, 3.05) is 17.7 Å². The summed E-state index contributed by atoms with van der Waals surface area (Å²) in [6.07, 6.45) is 1.74. The molecule has 2 N–H and O–H groups in total. The van der Waals surface area contributed by atoms with Gasteiger partial charge in [-0.1, -0.05) is 36.4 Å². The highest BCUT2D eigenvalue weighted by molar-refractivity contribution is 5.98. The average Bonchev–Trinajstić information content (AvgIpc) is 3.25. The Morgan fingerprint density at radius 3 is 2.64 bits per heavy atom. The molecular weight excluding hydrogens is 450 g/mol. The number of carbonyl (C=O) groups is 1. The summed E-state index contributed by atoms with van der Waals surface area (Å²) in [5.41, 5.74) is 4.41. The second kappa shape index (κ2) is 10.0. The van der Waals surface area contributed by atoms with Crippen LogP contribution in [0.2, 0.25) is 0 Å². The number of carbonyl (C=O) groups excluding carboxylic acids is 1. The number of nitrogens with zero attached hydrogens (tertiary/aromatic N) is 5.